The molecule has 3 nitrogen and oxygen atoms in total. The van der Waals surface area contributed by atoms with Crippen LogP contribution in [0.15, 0.2) is 48.5 Å². The van der Waals surface area contributed by atoms with Crippen LogP contribution in [0.25, 0.3) is 0 Å². The van der Waals surface area contributed by atoms with Crippen LogP contribution in [0.2, 0.25) is 0 Å². The Balaban J connectivity index is 1.57. The average Bonchev–Trinajstić information content (AvgIpc) is 2.66. The first-order chi connectivity index (χ1) is 12.2. The lowest BCUT2D eigenvalue weighted by molar-refractivity contribution is 0.162. The molecule has 3 rings (SSSR count). The Hall–Kier alpha value is -1.84. The standard InChI is InChI=1S/C22H30N2O/c1-17-3-5-18(6-4-17)16-24-13-11-20(12-14-24)22(15-23)19-7-9-21(25-2)10-8-19/h3-10,20,22H,11-16,23H2,1-2H3. The van der Waals surface area contributed by atoms with E-state index in [1.165, 1.54) is 29.5 Å². The number of aryl methyl sites for hydroxylation is 1. The van der Waals surface area contributed by atoms with Crippen molar-refractivity contribution in [3.05, 3.63) is 65.2 Å². The highest BCUT2D eigenvalue weighted by Gasteiger charge is 2.26. The van der Waals surface area contributed by atoms with Crippen molar-refractivity contribution in [2.45, 2.75) is 32.2 Å². The van der Waals surface area contributed by atoms with Crippen LogP contribution < -0.4 is 10.5 Å². The Kier molecular flexibility index (Phi) is 6.11. The van der Waals surface area contributed by atoms with Crippen LogP contribution in [-0.2, 0) is 6.54 Å². The molecule has 2 aromatic carbocycles. The fourth-order valence-corrected chi connectivity index (χ4v) is 3.92. The number of hydrogen-bond acceptors (Lipinski definition) is 3. The third-order valence-electron chi connectivity index (χ3n) is 5.53. The minimum atomic E-state index is 0.451. The third-order valence-corrected chi connectivity index (χ3v) is 5.53. The second kappa shape index (κ2) is 8.50. The topological polar surface area (TPSA) is 38.5 Å². The second-order valence-corrected chi connectivity index (χ2v) is 7.21. The Labute approximate surface area is 151 Å². The van der Waals surface area contributed by atoms with E-state index in [1.54, 1.807) is 7.11 Å². The maximum absolute atomic E-state index is 6.13. The summed E-state index contributed by atoms with van der Waals surface area (Å²) in [6, 6.07) is 17.4. The first kappa shape index (κ1) is 18.0. The highest BCUT2D eigenvalue weighted by Crippen LogP contribution is 2.33. The number of methoxy groups -OCH3 is 1. The molecule has 0 radical (unpaired) electrons. The molecule has 1 fully saturated rings. The van der Waals surface area contributed by atoms with Gasteiger partial charge in [0.25, 0.3) is 0 Å². The predicted octanol–water partition coefficient (Wildman–Crippen LogP) is 3.96. The molecule has 1 heterocycles. The molecule has 1 unspecified atom stereocenters. The van der Waals surface area contributed by atoms with Gasteiger partial charge in [-0.1, -0.05) is 42.0 Å². The molecule has 1 atom stereocenters. The van der Waals surface area contributed by atoms with E-state index >= 15 is 0 Å². The molecule has 25 heavy (non-hydrogen) atoms. The first-order valence-corrected chi connectivity index (χ1v) is 9.31. The molecule has 1 saturated heterocycles. The molecule has 0 aliphatic carbocycles. The van der Waals surface area contributed by atoms with Crippen molar-refractivity contribution in [3.63, 3.8) is 0 Å². The van der Waals surface area contributed by atoms with E-state index in [0.29, 0.717) is 11.8 Å². The zero-order valence-corrected chi connectivity index (χ0v) is 15.4. The average molecular weight is 338 g/mol. The van der Waals surface area contributed by atoms with E-state index in [0.717, 1.165) is 31.9 Å². The van der Waals surface area contributed by atoms with Crippen molar-refractivity contribution < 1.29 is 4.74 Å². The van der Waals surface area contributed by atoms with Gasteiger partial charge in [0.1, 0.15) is 5.75 Å². The monoisotopic (exact) mass is 338 g/mol. The lowest BCUT2D eigenvalue weighted by Crippen LogP contribution is -2.36. The summed E-state index contributed by atoms with van der Waals surface area (Å²) in [7, 11) is 1.71. The fourth-order valence-electron chi connectivity index (χ4n) is 3.92. The Morgan fingerprint density at radius 3 is 2.24 bits per heavy atom. The van der Waals surface area contributed by atoms with Gasteiger partial charge in [-0.2, -0.15) is 0 Å². The third kappa shape index (κ3) is 4.62. The van der Waals surface area contributed by atoms with Crippen molar-refractivity contribution in [1.82, 2.24) is 4.90 Å². The highest BCUT2D eigenvalue weighted by molar-refractivity contribution is 5.30. The first-order valence-electron chi connectivity index (χ1n) is 9.31. The van der Waals surface area contributed by atoms with Gasteiger partial charge in [0.15, 0.2) is 0 Å². The molecule has 0 amide bonds. The lowest BCUT2D eigenvalue weighted by Gasteiger charge is -2.36. The van der Waals surface area contributed by atoms with Crippen molar-refractivity contribution >= 4 is 0 Å². The second-order valence-electron chi connectivity index (χ2n) is 7.21. The van der Waals surface area contributed by atoms with Crippen LogP contribution in [0.5, 0.6) is 5.75 Å². The van der Waals surface area contributed by atoms with Crippen molar-refractivity contribution in [2.24, 2.45) is 11.7 Å². The summed E-state index contributed by atoms with van der Waals surface area (Å²) in [6.45, 7) is 6.23. The van der Waals surface area contributed by atoms with Gasteiger partial charge >= 0.3 is 0 Å². The van der Waals surface area contributed by atoms with E-state index in [9.17, 15) is 0 Å². The Morgan fingerprint density at radius 1 is 1.04 bits per heavy atom. The van der Waals surface area contributed by atoms with Gasteiger partial charge in [0.2, 0.25) is 0 Å². The molecule has 0 spiro atoms. The number of hydrogen-bond donors (Lipinski definition) is 1. The number of nitrogens with zero attached hydrogens (tertiary/aromatic N) is 1. The molecule has 134 valence electrons. The number of piperidine rings is 1. The summed E-state index contributed by atoms with van der Waals surface area (Å²) in [4.78, 5) is 2.57. The predicted molar refractivity (Wildman–Crippen MR) is 104 cm³/mol. The molecule has 2 aromatic rings. The number of rotatable bonds is 6. The van der Waals surface area contributed by atoms with Crippen LogP contribution in [0.4, 0.5) is 0 Å². The van der Waals surface area contributed by atoms with Crippen LogP contribution in [0.1, 0.15) is 35.4 Å². The molecule has 1 aliphatic rings. The molecule has 1 aliphatic heterocycles. The van der Waals surface area contributed by atoms with E-state index in [1.807, 2.05) is 12.1 Å². The summed E-state index contributed by atoms with van der Waals surface area (Å²) in [5.74, 6) is 2.03. The van der Waals surface area contributed by atoms with Crippen molar-refractivity contribution in [1.29, 1.82) is 0 Å². The van der Waals surface area contributed by atoms with E-state index in [-0.39, 0.29) is 0 Å². The van der Waals surface area contributed by atoms with Gasteiger partial charge in [-0.25, -0.2) is 0 Å². The summed E-state index contributed by atoms with van der Waals surface area (Å²) in [5.41, 5.74) is 10.2. The van der Waals surface area contributed by atoms with E-state index in [2.05, 4.69) is 48.2 Å². The Bertz CT molecular complexity index is 643. The SMILES string of the molecule is COc1ccc(C(CN)C2CCN(Cc3ccc(C)cc3)CC2)cc1. The smallest absolute Gasteiger partial charge is 0.118 e. The summed E-state index contributed by atoms with van der Waals surface area (Å²) < 4.78 is 5.27. The highest BCUT2D eigenvalue weighted by atomic mass is 16.5. The molecule has 2 N–H and O–H groups in total. The van der Waals surface area contributed by atoms with Crippen molar-refractivity contribution in [3.8, 4) is 5.75 Å². The lowest BCUT2D eigenvalue weighted by atomic mass is 9.80. The number of nitrogens with two attached hydrogens (primary N) is 1. The van der Waals surface area contributed by atoms with Crippen LogP contribution in [0.3, 0.4) is 0 Å². The summed E-state index contributed by atoms with van der Waals surface area (Å²) >= 11 is 0. The van der Waals surface area contributed by atoms with Gasteiger partial charge < -0.3 is 10.5 Å². The molecular weight excluding hydrogens is 308 g/mol. The number of benzene rings is 2. The van der Waals surface area contributed by atoms with Gasteiger partial charge in [0, 0.05) is 6.54 Å². The maximum Gasteiger partial charge on any atom is 0.118 e. The molecule has 0 aromatic heterocycles. The summed E-state index contributed by atoms with van der Waals surface area (Å²) in [5, 5.41) is 0. The van der Waals surface area contributed by atoms with E-state index < -0.39 is 0 Å². The van der Waals surface area contributed by atoms with Gasteiger partial charge in [0.05, 0.1) is 7.11 Å². The maximum atomic E-state index is 6.13. The largest absolute Gasteiger partial charge is 0.497 e. The molecule has 3 heteroatoms. The zero-order valence-electron chi connectivity index (χ0n) is 15.4. The van der Waals surface area contributed by atoms with Crippen LogP contribution in [-0.4, -0.2) is 31.6 Å². The van der Waals surface area contributed by atoms with Gasteiger partial charge in [-0.05, 0) is 74.5 Å². The Morgan fingerprint density at radius 2 is 1.68 bits per heavy atom. The number of likely N-dealkylation sites (tertiary alicyclic amines) is 1. The normalized spacial score (nSPS) is 17.4. The van der Waals surface area contributed by atoms with Crippen LogP contribution >= 0.6 is 0 Å². The summed E-state index contributed by atoms with van der Waals surface area (Å²) in [6.07, 6.45) is 2.44. The molecule has 0 bridgehead atoms. The van der Waals surface area contributed by atoms with E-state index in [4.69, 9.17) is 10.5 Å². The fraction of sp³-hybridized carbons (Fsp3) is 0.455. The number of ether oxygens (including phenoxy) is 1. The van der Waals surface area contributed by atoms with Gasteiger partial charge in [-0.15, -0.1) is 0 Å². The molecule has 0 saturated carbocycles. The zero-order chi connectivity index (χ0) is 17.6. The molecular formula is C22H30N2O. The van der Waals surface area contributed by atoms with Crippen LogP contribution in [0, 0.1) is 12.8 Å². The van der Waals surface area contributed by atoms with Gasteiger partial charge in [-0.3, -0.25) is 4.90 Å². The minimum absolute atomic E-state index is 0.451. The minimum Gasteiger partial charge on any atom is -0.497 e. The van der Waals surface area contributed by atoms with Crippen molar-refractivity contribution in [2.75, 3.05) is 26.7 Å². The quantitative estimate of drug-likeness (QED) is 0.866.